The van der Waals surface area contributed by atoms with Crippen LogP contribution < -0.4 is 10.6 Å². The molecule has 0 bridgehead atoms. The minimum absolute atomic E-state index is 0.835. The lowest BCUT2D eigenvalue weighted by Crippen LogP contribution is -2.10. The van der Waals surface area contributed by atoms with E-state index in [4.69, 9.17) is 0 Å². The fourth-order valence-corrected chi connectivity index (χ4v) is 3.24. The number of aryl methyl sites for hydroxylation is 2. The molecular weight excluding hydrogens is 296 g/mol. The zero-order valence-corrected chi connectivity index (χ0v) is 13.6. The largest absolute Gasteiger partial charge is 0.359 e. The first-order chi connectivity index (χ1) is 11.7. The predicted molar refractivity (Wildman–Crippen MR) is 99.6 cm³/mol. The number of allylic oxidation sites excluding steroid dienone is 2. The molecule has 4 rings (SSSR count). The highest BCUT2D eigenvalue weighted by Crippen LogP contribution is 2.31. The monoisotopic (exact) mass is 316 g/mol. The van der Waals surface area contributed by atoms with Gasteiger partial charge in [-0.1, -0.05) is 31.4 Å². The van der Waals surface area contributed by atoms with Crippen LogP contribution in [0.2, 0.25) is 0 Å². The number of benzene rings is 1. The molecule has 0 saturated heterocycles. The summed E-state index contributed by atoms with van der Waals surface area (Å²) in [5.74, 6) is 0. The minimum atomic E-state index is 0.835. The topological polar surface area (TPSA) is 49.8 Å². The number of aromatic nitrogens is 2. The van der Waals surface area contributed by atoms with E-state index < -0.39 is 0 Å². The second-order valence-corrected chi connectivity index (χ2v) is 6.26. The summed E-state index contributed by atoms with van der Waals surface area (Å²) in [7, 11) is 0. The van der Waals surface area contributed by atoms with Crippen LogP contribution in [-0.2, 0) is 12.8 Å². The van der Waals surface area contributed by atoms with Crippen LogP contribution in [0.5, 0.6) is 0 Å². The lowest BCUT2D eigenvalue weighted by molar-refractivity contribution is 0.858. The van der Waals surface area contributed by atoms with Crippen molar-refractivity contribution in [1.29, 1.82) is 0 Å². The van der Waals surface area contributed by atoms with Gasteiger partial charge in [0.2, 0.25) is 0 Å². The van der Waals surface area contributed by atoms with Gasteiger partial charge in [-0.3, -0.25) is 0 Å². The van der Waals surface area contributed by atoms with Gasteiger partial charge in [0, 0.05) is 33.9 Å². The van der Waals surface area contributed by atoms with E-state index in [1.807, 2.05) is 0 Å². The third kappa shape index (κ3) is 2.71. The van der Waals surface area contributed by atoms with Crippen LogP contribution in [0.25, 0.3) is 11.8 Å². The number of hydrogen-bond acceptors (Lipinski definition) is 4. The van der Waals surface area contributed by atoms with Gasteiger partial charge < -0.3 is 10.6 Å². The summed E-state index contributed by atoms with van der Waals surface area (Å²) in [6, 6.07) is 6.36. The van der Waals surface area contributed by atoms with Gasteiger partial charge in [0.25, 0.3) is 0 Å². The fraction of sp³-hybridized carbons (Fsp3) is 0.200. The van der Waals surface area contributed by atoms with Crippen molar-refractivity contribution in [3.63, 3.8) is 0 Å². The van der Waals surface area contributed by atoms with Crippen molar-refractivity contribution >= 4 is 23.1 Å². The molecule has 0 spiro atoms. The first-order valence-corrected chi connectivity index (χ1v) is 8.26. The van der Waals surface area contributed by atoms with Crippen LogP contribution in [0.4, 0.5) is 11.4 Å². The molecule has 0 saturated carbocycles. The van der Waals surface area contributed by atoms with Gasteiger partial charge in [-0.05, 0) is 43.4 Å². The van der Waals surface area contributed by atoms with Crippen molar-refractivity contribution in [1.82, 2.24) is 10.2 Å². The molecule has 0 amide bonds. The molecule has 4 heteroatoms. The summed E-state index contributed by atoms with van der Waals surface area (Å²) >= 11 is 0. The van der Waals surface area contributed by atoms with Gasteiger partial charge in [-0.25, -0.2) is 0 Å². The van der Waals surface area contributed by atoms with Crippen LogP contribution in [0, 0.1) is 0 Å². The molecule has 1 aliphatic carbocycles. The maximum atomic E-state index is 4.25. The highest BCUT2D eigenvalue weighted by Gasteiger charge is 2.15. The number of anilines is 2. The second-order valence-electron chi connectivity index (χ2n) is 6.26. The quantitative estimate of drug-likeness (QED) is 0.881. The normalized spacial score (nSPS) is 15.2. The van der Waals surface area contributed by atoms with E-state index in [0.29, 0.717) is 0 Å². The highest BCUT2D eigenvalue weighted by molar-refractivity contribution is 5.82. The second kappa shape index (κ2) is 5.96. The van der Waals surface area contributed by atoms with Gasteiger partial charge >= 0.3 is 0 Å². The molecule has 0 radical (unpaired) electrons. The average Bonchev–Trinajstić information content (AvgIpc) is 2.61. The minimum Gasteiger partial charge on any atom is -0.359 e. The molecule has 1 aromatic heterocycles. The Bertz CT molecular complexity index is 864. The number of nitrogens with one attached hydrogen (secondary N) is 2. The summed E-state index contributed by atoms with van der Waals surface area (Å²) in [6.45, 7) is 8.23. The van der Waals surface area contributed by atoms with E-state index in [2.05, 4.69) is 64.3 Å². The van der Waals surface area contributed by atoms with Crippen molar-refractivity contribution in [2.45, 2.75) is 25.7 Å². The third-order valence-corrected chi connectivity index (χ3v) is 4.54. The van der Waals surface area contributed by atoms with Crippen molar-refractivity contribution in [3.05, 3.63) is 71.7 Å². The van der Waals surface area contributed by atoms with E-state index in [1.54, 1.807) is 6.20 Å². The molecule has 120 valence electrons. The lowest BCUT2D eigenvalue weighted by Gasteiger charge is -2.22. The average molecular weight is 316 g/mol. The smallest absolute Gasteiger partial charge is 0.0713 e. The number of fused-ring (bicyclic) bond motifs is 2. The zero-order valence-electron chi connectivity index (χ0n) is 13.6. The maximum Gasteiger partial charge on any atom is 0.0713 e. The number of hydrogen-bond donors (Lipinski definition) is 2. The molecule has 0 unspecified atom stereocenters. The van der Waals surface area contributed by atoms with Gasteiger partial charge in [-0.2, -0.15) is 10.2 Å². The number of nitrogens with zero attached hydrogens (tertiary/aromatic N) is 2. The Morgan fingerprint density at radius 3 is 3.04 bits per heavy atom. The van der Waals surface area contributed by atoms with E-state index in [-0.39, 0.29) is 0 Å². The third-order valence-electron chi connectivity index (χ3n) is 4.54. The molecular formula is C20H20N4. The first-order valence-electron chi connectivity index (χ1n) is 8.26. The van der Waals surface area contributed by atoms with Gasteiger partial charge in [0.05, 0.1) is 11.9 Å². The Balaban J connectivity index is 1.61. The molecule has 1 aliphatic heterocycles. The van der Waals surface area contributed by atoms with Crippen molar-refractivity contribution < 1.29 is 0 Å². The fourth-order valence-electron chi connectivity index (χ4n) is 3.24. The Hall–Kier alpha value is -2.88. The molecule has 24 heavy (non-hydrogen) atoms. The highest BCUT2D eigenvalue weighted by atomic mass is 15.1. The molecule has 2 heterocycles. The SMILES string of the molecule is C=C1CCc2ccc(NC(=C)c3cnnc4c3C=CCC4)cc2N1. The van der Waals surface area contributed by atoms with Crippen LogP contribution in [0.15, 0.2) is 49.3 Å². The molecule has 2 N–H and O–H groups in total. The van der Waals surface area contributed by atoms with Gasteiger partial charge in [0.15, 0.2) is 0 Å². The summed E-state index contributed by atoms with van der Waals surface area (Å²) in [5.41, 5.74) is 8.53. The maximum absolute atomic E-state index is 4.25. The summed E-state index contributed by atoms with van der Waals surface area (Å²) in [6.07, 6.45) is 10.1. The Morgan fingerprint density at radius 1 is 1.21 bits per heavy atom. The van der Waals surface area contributed by atoms with E-state index in [0.717, 1.165) is 65.3 Å². The van der Waals surface area contributed by atoms with Crippen LogP contribution in [0.1, 0.15) is 35.2 Å². The first kappa shape index (κ1) is 14.7. The molecule has 2 aliphatic rings. The zero-order chi connectivity index (χ0) is 16.5. The summed E-state index contributed by atoms with van der Waals surface area (Å²) in [5, 5.41) is 15.2. The van der Waals surface area contributed by atoms with Crippen molar-refractivity contribution in [2.75, 3.05) is 10.6 Å². The van der Waals surface area contributed by atoms with Crippen LogP contribution >= 0.6 is 0 Å². The van der Waals surface area contributed by atoms with Crippen molar-refractivity contribution in [3.8, 4) is 0 Å². The van der Waals surface area contributed by atoms with E-state index in [1.165, 1.54) is 5.56 Å². The summed E-state index contributed by atoms with van der Waals surface area (Å²) in [4.78, 5) is 0. The van der Waals surface area contributed by atoms with E-state index in [9.17, 15) is 0 Å². The lowest BCUT2D eigenvalue weighted by atomic mass is 9.98. The van der Waals surface area contributed by atoms with Crippen molar-refractivity contribution in [2.24, 2.45) is 0 Å². The Labute approximate surface area is 142 Å². The standard InChI is InChI=1S/C20H20N4/c1-13-7-8-15-9-10-16(11-20(15)22-13)23-14(2)18-12-21-24-19-6-4-3-5-17(18)19/h3,5,9-12,22-23H,1-2,4,6-8H2. The molecule has 1 aromatic carbocycles. The van der Waals surface area contributed by atoms with Gasteiger partial charge in [-0.15, -0.1) is 0 Å². The predicted octanol–water partition coefficient (Wildman–Crippen LogP) is 4.39. The molecule has 0 fully saturated rings. The molecule has 0 atom stereocenters. The van der Waals surface area contributed by atoms with E-state index >= 15 is 0 Å². The van der Waals surface area contributed by atoms with Gasteiger partial charge in [0.1, 0.15) is 0 Å². The molecule has 4 nitrogen and oxygen atoms in total. The summed E-state index contributed by atoms with van der Waals surface area (Å²) < 4.78 is 0. The molecule has 2 aromatic rings. The Kier molecular flexibility index (Phi) is 3.65. The Morgan fingerprint density at radius 2 is 2.12 bits per heavy atom. The van der Waals surface area contributed by atoms with Crippen LogP contribution in [0.3, 0.4) is 0 Å². The number of rotatable bonds is 3. The van der Waals surface area contributed by atoms with Crippen LogP contribution in [-0.4, -0.2) is 10.2 Å².